The van der Waals surface area contributed by atoms with E-state index in [0.717, 1.165) is 11.4 Å². The lowest BCUT2D eigenvalue weighted by molar-refractivity contribution is 0.102. The first-order chi connectivity index (χ1) is 13.5. The number of aromatic nitrogens is 1. The van der Waals surface area contributed by atoms with Gasteiger partial charge in [-0.15, -0.1) is 0 Å². The summed E-state index contributed by atoms with van der Waals surface area (Å²) >= 11 is 6.13. The number of amides is 1. The van der Waals surface area contributed by atoms with Crippen LogP contribution >= 0.6 is 11.6 Å². The molecule has 0 saturated carbocycles. The number of nitrogens with one attached hydrogen (secondary N) is 1. The van der Waals surface area contributed by atoms with Gasteiger partial charge < -0.3 is 15.0 Å². The van der Waals surface area contributed by atoms with E-state index in [9.17, 15) is 4.79 Å². The van der Waals surface area contributed by atoms with Crippen LogP contribution in [0.3, 0.4) is 0 Å². The third-order valence-corrected chi connectivity index (χ3v) is 4.80. The molecule has 1 amide bonds. The second kappa shape index (κ2) is 8.76. The Bertz CT molecular complexity index is 977. The zero-order valence-corrected chi connectivity index (χ0v) is 16.8. The van der Waals surface area contributed by atoms with E-state index in [2.05, 4.69) is 22.4 Å². The fourth-order valence-electron chi connectivity index (χ4n) is 2.83. The molecular weight excluding hydrogens is 374 g/mol. The van der Waals surface area contributed by atoms with Gasteiger partial charge >= 0.3 is 0 Å². The second-order valence-corrected chi connectivity index (χ2v) is 6.91. The number of pyridine rings is 1. The minimum absolute atomic E-state index is 0.239. The number of halogens is 1. The quantitative estimate of drug-likeness (QED) is 0.642. The summed E-state index contributed by atoms with van der Waals surface area (Å²) in [5.41, 5.74) is 3.11. The topological polar surface area (TPSA) is 54.5 Å². The van der Waals surface area contributed by atoms with Crippen molar-refractivity contribution in [3.8, 4) is 5.75 Å². The van der Waals surface area contributed by atoms with Crippen LogP contribution in [-0.2, 0) is 6.54 Å². The van der Waals surface area contributed by atoms with Crippen LogP contribution in [0.4, 0.5) is 11.5 Å². The molecule has 3 aromatic rings. The molecule has 0 aliphatic carbocycles. The summed E-state index contributed by atoms with van der Waals surface area (Å²) in [6, 6.07) is 17.0. The third-order valence-electron chi connectivity index (χ3n) is 4.39. The molecule has 0 unspecified atom stereocenters. The third kappa shape index (κ3) is 4.61. The highest BCUT2D eigenvalue weighted by Gasteiger charge is 2.14. The molecule has 1 N–H and O–H groups in total. The summed E-state index contributed by atoms with van der Waals surface area (Å²) in [6.45, 7) is 2.57. The van der Waals surface area contributed by atoms with Crippen LogP contribution in [0.5, 0.6) is 5.75 Å². The molecule has 5 nitrogen and oxygen atoms in total. The Morgan fingerprint density at radius 1 is 1.18 bits per heavy atom. The van der Waals surface area contributed by atoms with Crippen LogP contribution in [0, 0.1) is 6.92 Å². The number of hydrogen-bond acceptors (Lipinski definition) is 4. The Morgan fingerprint density at radius 3 is 2.64 bits per heavy atom. The van der Waals surface area contributed by atoms with E-state index in [0.29, 0.717) is 28.6 Å². The van der Waals surface area contributed by atoms with E-state index in [1.54, 1.807) is 37.6 Å². The van der Waals surface area contributed by atoms with Gasteiger partial charge in [-0.1, -0.05) is 41.9 Å². The molecule has 0 aliphatic rings. The lowest BCUT2D eigenvalue weighted by Gasteiger charge is -2.19. The van der Waals surface area contributed by atoms with E-state index in [1.165, 1.54) is 5.56 Å². The number of rotatable bonds is 6. The lowest BCUT2D eigenvalue weighted by atomic mass is 10.1. The summed E-state index contributed by atoms with van der Waals surface area (Å²) < 4.78 is 5.33. The van der Waals surface area contributed by atoms with Gasteiger partial charge in [0.15, 0.2) is 0 Å². The number of aryl methyl sites for hydroxylation is 1. The molecule has 0 saturated heterocycles. The maximum atomic E-state index is 12.8. The monoisotopic (exact) mass is 395 g/mol. The summed E-state index contributed by atoms with van der Waals surface area (Å²) in [4.78, 5) is 19.2. The van der Waals surface area contributed by atoms with Crippen LogP contribution in [0.1, 0.15) is 21.5 Å². The van der Waals surface area contributed by atoms with Crippen molar-refractivity contribution in [3.63, 3.8) is 0 Å². The van der Waals surface area contributed by atoms with Gasteiger partial charge in [-0.05, 0) is 36.2 Å². The van der Waals surface area contributed by atoms with Crippen molar-refractivity contribution in [3.05, 3.63) is 82.5 Å². The van der Waals surface area contributed by atoms with Gasteiger partial charge in [0.25, 0.3) is 5.91 Å². The number of ether oxygens (including phenoxy) is 1. The van der Waals surface area contributed by atoms with Crippen LogP contribution in [0.2, 0.25) is 5.02 Å². The number of carbonyl (C=O) groups excluding carboxylic acids is 1. The van der Waals surface area contributed by atoms with Gasteiger partial charge in [0.2, 0.25) is 0 Å². The number of carbonyl (C=O) groups is 1. The minimum Gasteiger partial charge on any atom is -0.495 e. The van der Waals surface area contributed by atoms with Crippen molar-refractivity contribution < 1.29 is 9.53 Å². The maximum absolute atomic E-state index is 12.8. The minimum atomic E-state index is -0.239. The molecule has 3 rings (SSSR count). The van der Waals surface area contributed by atoms with Gasteiger partial charge in [-0.2, -0.15) is 0 Å². The van der Waals surface area contributed by atoms with Crippen molar-refractivity contribution in [2.45, 2.75) is 13.5 Å². The Balaban J connectivity index is 1.78. The van der Waals surface area contributed by atoms with E-state index < -0.39 is 0 Å². The molecule has 0 spiro atoms. The smallest absolute Gasteiger partial charge is 0.255 e. The summed E-state index contributed by atoms with van der Waals surface area (Å²) in [5, 5.41) is 3.48. The van der Waals surface area contributed by atoms with Crippen molar-refractivity contribution in [1.82, 2.24) is 4.98 Å². The number of nitrogens with zero attached hydrogens (tertiary/aromatic N) is 2. The van der Waals surface area contributed by atoms with Crippen LogP contribution < -0.4 is 15.0 Å². The number of hydrogen-bond donors (Lipinski definition) is 1. The molecule has 0 aliphatic heterocycles. The van der Waals surface area contributed by atoms with Crippen molar-refractivity contribution in [1.29, 1.82) is 0 Å². The molecule has 1 aromatic heterocycles. The molecular formula is C22H22ClN3O2. The molecule has 28 heavy (non-hydrogen) atoms. The van der Waals surface area contributed by atoms with Gasteiger partial charge in [0.1, 0.15) is 11.6 Å². The lowest BCUT2D eigenvalue weighted by Crippen LogP contribution is -2.19. The highest BCUT2D eigenvalue weighted by Crippen LogP contribution is 2.31. The van der Waals surface area contributed by atoms with E-state index in [-0.39, 0.29) is 5.91 Å². The van der Waals surface area contributed by atoms with E-state index >= 15 is 0 Å². The first-order valence-electron chi connectivity index (χ1n) is 8.84. The molecule has 0 fully saturated rings. The van der Waals surface area contributed by atoms with Crippen molar-refractivity contribution in [2.75, 3.05) is 24.4 Å². The molecule has 0 bridgehead atoms. The number of anilines is 2. The largest absolute Gasteiger partial charge is 0.495 e. The molecule has 0 atom stereocenters. The zero-order valence-electron chi connectivity index (χ0n) is 16.1. The normalized spacial score (nSPS) is 10.4. The number of methoxy groups -OCH3 is 1. The first-order valence-corrected chi connectivity index (χ1v) is 9.22. The zero-order chi connectivity index (χ0) is 20.1. The Hall–Kier alpha value is -3.05. The fraction of sp³-hybridized carbons (Fsp3) is 0.182. The van der Waals surface area contributed by atoms with Crippen LogP contribution in [0.15, 0.2) is 60.8 Å². The summed E-state index contributed by atoms with van der Waals surface area (Å²) in [6.07, 6.45) is 1.64. The average Bonchev–Trinajstić information content (AvgIpc) is 2.71. The van der Waals surface area contributed by atoms with Crippen molar-refractivity contribution in [2.24, 2.45) is 0 Å². The van der Waals surface area contributed by atoms with Gasteiger partial charge in [-0.3, -0.25) is 4.79 Å². The summed E-state index contributed by atoms with van der Waals surface area (Å²) in [5.74, 6) is 0.993. The predicted octanol–water partition coefficient (Wildman–Crippen LogP) is 4.94. The van der Waals surface area contributed by atoms with Crippen LogP contribution in [-0.4, -0.2) is 25.0 Å². The Kier molecular flexibility index (Phi) is 6.16. The Morgan fingerprint density at radius 2 is 1.93 bits per heavy atom. The van der Waals surface area contributed by atoms with Crippen LogP contribution in [0.25, 0.3) is 0 Å². The molecule has 144 valence electrons. The molecule has 6 heteroatoms. The molecule has 0 radical (unpaired) electrons. The second-order valence-electron chi connectivity index (χ2n) is 6.50. The molecule has 2 aromatic carbocycles. The summed E-state index contributed by atoms with van der Waals surface area (Å²) in [7, 11) is 3.49. The maximum Gasteiger partial charge on any atom is 0.255 e. The van der Waals surface area contributed by atoms with Gasteiger partial charge in [0.05, 0.1) is 12.8 Å². The highest BCUT2D eigenvalue weighted by atomic mass is 35.5. The van der Waals surface area contributed by atoms with Gasteiger partial charge in [0, 0.05) is 36.4 Å². The number of benzene rings is 2. The van der Waals surface area contributed by atoms with E-state index in [1.807, 2.05) is 37.1 Å². The fourth-order valence-corrected chi connectivity index (χ4v) is 2.98. The standard InChI is InChI=1S/C22H22ClN3O2/c1-15-11-19(20(28-3)13-18(15)23)25-22(27)17-9-10-24-21(12-17)26(2)14-16-7-5-4-6-8-16/h4-13H,14H2,1-3H3,(H,25,27). The average molecular weight is 396 g/mol. The molecule has 1 heterocycles. The first kappa shape index (κ1) is 19.7. The van der Waals surface area contributed by atoms with Gasteiger partial charge in [-0.25, -0.2) is 4.98 Å². The Labute approximate surface area is 169 Å². The highest BCUT2D eigenvalue weighted by molar-refractivity contribution is 6.31. The SMILES string of the molecule is COc1cc(Cl)c(C)cc1NC(=O)c1ccnc(N(C)Cc2ccccc2)c1. The predicted molar refractivity (Wildman–Crippen MR) is 113 cm³/mol. The van der Waals surface area contributed by atoms with E-state index in [4.69, 9.17) is 16.3 Å². The van der Waals surface area contributed by atoms with Crippen molar-refractivity contribution >= 4 is 29.0 Å².